The molecule has 98 heavy (non-hydrogen) atoms. The third-order valence-electron chi connectivity index (χ3n) is 16.2. The van der Waals surface area contributed by atoms with Crippen LogP contribution in [0.1, 0.15) is 96.1 Å². The van der Waals surface area contributed by atoms with Crippen molar-refractivity contribution in [3.63, 3.8) is 0 Å². The Balaban J connectivity index is 0.000000176. The lowest BCUT2D eigenvalue weighted by Gasteiger charge is -2.38. The fourth-order valence-corrected chi connectivity index (χ4v) is 12.2. The number of aromatic nitrogens is 3. The Kier molecular flexibility index (Phi) is 26.8. The fourth-order valence-electron chi connectivity index (χ4n) is 12.0. The topological polar surface area (TPSA) is 328 Å². The molecule has 8 aliphatic heterocycles. The maximum atomic E-state index is 12.3. The molecule has 8 fully saturated rings. The van der Waals surface area contributed by atoms with Crippen LogP contribution in [0.2, 0.25) is 0 Å². The molecule has 0 spiro atoms. The number of ether oxygens (including phenoxy) is 8. The molecule has 0 bridgehead atoms. The molecule has 3 aromatic heterocycles. The molecule has 8 unspecified atom stereocenters. The second-order valence-electron chi connectivity index (χ2n) is 28.4. The zero-order valence-electron chi connectivity index (χ0n) is 57.6. The largest absolute Gasteiger partial charge is 0.444 e. The van der Waals surface area contributed by atoms with Gasteiger partial charge in [-0.15, -0.1) is 0 Å². The number of morpholine rings is 4. The van der Waals surface area contributed by atoms with E-state index in [1.54, 1.807) is 44.0 Å². The summed E-state index contributed by atoms with van der Waals surface area (Å²) in [6.07, 6.45) is 3.62. The minimum atomic E-state index is -0.548. The van der Waals surface area contributed by atoms with Crippen molar-refractivity contribution in [2.45, 2.75) is 168 Å². The van der Waals surface area contributed by atoms with Gasteiger partial charge in [-0.2, -0.15) is 0 Å². The van der Waals surface area contributed by atoms with Crippen LogP contribution in [0.15, 0.2) is 89.8 Å². The first kappa shape index (κ1) is 77.5. The highest BCUT2D eigenvalue weighted by molar-refractivity contribution is 9.10. The first-order chi connectivity index (χ1) is 45.7. The number of amides is 4. The van der Waals surface area contributed by atoms with E-state index in [1.165, 1.54) is 30.1 Å². The van der Waals surface area contributed by atoms with Crippen LogP contribution in [0.5, 0.6) is 0 Å². The van der Waals surface area contributed by atoms with Crippen molar-refractivity contribution in [3.05, 3.63) is 116 Å². The van der Waals surface area contributed by atoms with Crippen molar-refractivity contribution >= 4 is 69.1 Å². The average molecular weight is 1440 g/mol. The van der Waals surface area contributed by atoms with Gasteiger partial charge in [0.05, 0.1) is 123 Å². The Bertz CT molecular complexity index is 3250. The summed E-state index contributed by atoms with van der Waals surface area (Å²) in [4.78, 5) is 93.7. The van der Waals surface area contributed by atoms with Gasteiger partial charge >= 0.3 is 36.0 Å². The molecule has 31 heteroatoms. The number of fused-ring (bicyclic) bond motifs is 4. The molecule has 0 saturated carbocycles. The number of pyridine rings is 3. The summed E-state index contributed by atoms with van der Waals surface area (Å²) in [7, 11) is 0. The van der Waals surface area contributed by atoms with E-state index < -0.39 is 32.3 Å². The van der Waals surface area contributed by atoms with Crippen molar-refractivity contribution < 1.29 is 66.9 Å². The van der Waals surface area contributed by atoms with Crippen LogP contribution in [0, 0.1) is 20.2 Å². The molecule has 8 atom stereocenters. The first-order valence-electron chi connectivity index (χ1n) is 32.7. The number of nitrogens with zero attached hydrogens (tertiary/aromatic N) is 12. The van der Waals surface area contributed by atoms with E-state index in [0.29, 0.717) is 77.9 Å². The molecule has 0 aliphatic carbocycles. The lowest BCUT2D eigenvalue weighted by Crippen LogP contribution is -2.51. The van der Waals surface area contributed by atoms with Crippen LogP contribution < -0.4 is 20.9 Å². The van der Waals surface area contributed by atoms with E-state index in [4.69, 9.17) is 43.6 Å². The molecule has 1 aromatic carbocycles. The highest BCUT2D eigenvalue weighted by Crippen LogP contribution is 2.32. The molecule has 0 radical (unpaired) electrons. The maximum absolute atomic E-state index is 12.3. The highest BCUT2D eigenvalue weighted by Gasteiger charge is 2.47. The summed E-state index contributed by atoms with van der Waals surface area (Å²) in [5.41, 5.74) is 6.81. The molecule has 540 valence electrons. The summed E-state index contributed by atoms with van der Waals surface area (Å²) in [5.74, 6) is 0.180. The Hall–Kier alpha value is -7.81. The second-order valence-corrected chi connectivity index (χ2v) is 29.4. The lowest BCUT2D eigenvalue weighted by molar-refractivity contribution is -0.389. The van der Waals surface area contributed by atoms with Gasteiger partial charge in [0.1, 0.15) is 28.2 Å². The number of nitrogens with two attached hydrogens (primary N) is 1. The smallest absolute Gasteiger partial charge is 0.410 e. The number of hydrogen-bond acceptors (Lipinski definition) is 24. The molecule has 11 heterocycles. The standard InChI is InChI=1S/C18H26N2O3.C16H22N4O5.C16H24N4O3.C11H20N2O3.C5H3BrN2O2.CH4/c1-18(2,3)23-17(21)20-12-15-16(13-20)22-10-9-19(15)11-14-7-5-4-6-8-14;1-16(2,3)25-15(21)18-9-12-13(10-18)24-7-6-19(12)11-4-5-14(17-8-11)20(22)23;1-16(2,3)23-15(21)19-9-12-13(10-19)22-7-6-20(12)11-4-5-14(17)18-8-11;1-11(2,3)16-10(14)13-6-8-9(7-13)15-5-4-12-8;6-4-1-2-5(7-3-4)8(9)10;/h4-8,15-16H,9-13H2,1-3H3;4-5,8,12-13H,6-7,9-10H2,1-3H3;4-5,8,12-13H,6-7,9-10H2,1-3H3,(H2,17,18);8-9,12H,4-7H2,1-3H3;1-3H;1H4. The third-order valence-corrected chi connectivity index (χ3v) is 16.7. The number of halogens is 1. The first-order valence-corrected chi connectivity index (χ1v) is 33.5. The zero-order chi connectivity index (χ0) is 70.6. The number of likely N-dealkylation sites (tertiary alicyclic amines) is 4. The van der Waals surface area contributed by atoms with Crippen molar-refractivity contribution in [1.82, 2.24) is 44.8 Å². The minimum absolute atomic E-state index is 0. The third kappa shape index (κ3) is 22.9. The summed E-state index contributed by atoms with van der Waals surface area (Å²) in [6, 6.07) is 20.8. The number of nitrogens with one attached hydrogen (secondary N) is 1. The molecule has 8 saturated heterocycles. The van der Waals surface area contributed by atoms with E-state index in [0.717, 1.165) is 55.2 Å². The van der Waals surface area contributed by atoms with Gasteiger partial charge in [-0.25, -0.2) is 24.2 Å². The van der Waals surface area contributed by atoms with Gasteiger partial charge in [0, 0.05) is 71.0 Å². The van der Waals surface area contributed by atoms with Gasteiger partial charge < -0.3 is 98.6 Å². The molecule has 30 nitrogen and oxygen atoms in total. The molecule has 4 amide bonds. The quantitative estimate of drug-likeness (QED) is 0.103. The van der Waals surface area contributed by atoms with Crippen molar-refractivity contribution in [1.29, 1.82) is 0 Å². The summed E-state index contributed by atoms with van der Waals surface area (Å²) < 4.78 is 45.6. The molecule has 4 aromatic rings. The van der Waals surface area contributed by atoms with Crippen LogP contribution >= 0.6 is 15.9 Å². The van der Waals surface area contributed by atoms with Gasteiger partial charge in [-0.3, -0.25) is 4.90 Å². The Labute approximate surface area is 582 Å². The van der Waals surface area contributed by atoms with E-state index in [2.05, 4.69) is 75.2 Å². The average Bonchev–Trinajstić information content (AvgIpc) is 1.59. The van der Waals surface area contributed by atoms with Crippen molar-refractivity contribution in [2.24, 2.45) is 0 Å². The number of carbonyl (C=O) groups excluding carboxylic acids is 4. The lowest BCUT2D eigenvalue weighted by atomic mass is 10.1. The maximum Gasteiger partial charge on any atom is 0.410 e. The zero-order valence-corrected chi connectivity index (χ0v) is 59.2. The van der Waals surface area contributed by atoms with Crippen molar-refractivity contribution in [3.8, 4) is 0 Å². The molecule has 3 N–H and O–H groups in total. The summed E-state index contributed by atoms with van der Waals surface area (Å²) in [5, 5.41) is 24.1. The van der Waals surface area contributed by atoms with E-state index in [-0.39, 0.29) is 92.0 Å². The fraction of sp³-hybridized carbons (Fsp3) is 0.627. The predicted octanol–water partition coefficient (Wildman–Crippen LogP) is 8.79. The normalized spacial score (nSPS) is 23.5. The minimum Gasteiger partial charge on any atom is -0.444 e. The van der Waals surface area contributed by atoms with Crippen LogP contribution in [0.4, 0.5) is 48.0 Å². The number of benzene rings is 1. The van der Waals surface area contributed by atoms with Gasteiger partial charge in [-0.1, -0.05) is 37.8 Å². The monoisotopic (exact) mass is 1430 g/mol. The number of hydrogen-bond donors (Lipinski definition) is 2. The Morgan fingerprint density at radius 1 is 0.520 bits per heavy atom. The van der Waals surface area contributed by atoms with Gasteiger partial charge in [-0.05, 0) is 149 Å². The van der Waals surface area contributed by atoms with E-state index in [1.807, 2.05) is 95.2 Å². The van der Waals surface area contributed by atoms with Crippen LogP contribution in [0.3, 0.4) is 0 Å². The number of nitrogen functional groups attached to an aromatic ring is 1. The van der Waals surface area contributed by atoms with Gasteiger partial charge in [0.15, 0.2) is 12.4 Å². The van der Waals surface area contributed by atoms with Gasteiger partial charge in [0.2, 0.25) is 0 Å². The van der Waals surface area contributed by atoms with Gasteiger partial charge in [0.25, 0.3) is 0 Å². The van der Waals surface area contributed by atoms with E-state index >= 15 is 0 Å². The predicted molar refractivity (Wildman–Crippen MR) is 370 cm³/mol. The molecule has 8 aliphatic rings. The second kappa shape index (κ2) is 33.8. The molecular weight excluding hydrogens is 1340 g/mol. The Morgan fingerprint density at radius 3 is 1.33 bits per heavy atom. The Morgan fingerprint density at radius 2 is 0.918 bits per heavy atom. The van der Waals surface area contributed by atoms with Crippen LogP contribution in [0.25, 0.3) is 0 Å². The van der Waals surface area contributed by atoms with Crippen molar-refractivity contribution in [2.75, 3.05) is 120 Å². The van der Waals surface area contributed by atoms with Crippen LogP contribution in [-0.4, -0.2) is 250 Å². The summed E-state index contributed by atoms with van der Waals surface area (Å²) >= 11 is 3.11. The molecular formula is C67H99BrN14O16. The number of carbonyl (C=O) groups is 4. The molecule has 12 rings (SSSR count). The summed E-state index contributed by atoms with van der Waals surface area (Å²) in [6.45, 7) is 33.8. The highest BCUT2D eigenvalue weighted by atomic mass is 79.9. The number of nitro groups is 2. The van der Waals surface area contributed by atoms with Crippen LogP contribution in [-0.2, 0) is 44.4 Å². The number of rotatable bonds is 6. The van der Waals surface area contributed by atoms with E-state index in [9.17, 15) is 39.4 Å². The SMILES string of the molecule is C.CC(C)(C)OC(=O)N1CC2NCCOC2C1.CC(C)(C)OC(=O)N1CC2OCCN(Cc3ccccc3)C2C1.CC(C)(C)OC(=O)N1CC2OCCN(c3ccc(N)nc3)C2C1.CC(C)(C)OC(=O)N1CC2OCCN(c3ccc([N+](=O)[O-])nc3)C2C1.O=[N+]([O-])c1ccc(Br)cn1. The number of anilines is 3.